The molecule has 112 valence electrons. The molecule has 2 aromatic rings. The first kappa shape index (κ1) is 14.5. The van der Waals surface area contributed by atoms with E-state index in [0.29, 0.717) is 0 Å². The minimum absolute atomic E-state index is 0.450. The van der Waals surface area contributed by atoms with E-state index in [0.717, 1.165) is 42.0 Å². The zero-order valence-electron chi connectivity index (χ0n) is 12.6. The highest BCUT2D eigenvalue weighted by Crippen LogP contribution is 2.41. The number of aliphatic hydroxyl groups is 1. The van der Waals surface area contributed by atoms with Gasteiger partial charge in [0.25, 0.3) is 0 Å². The van der Waals surface area contributed by atoms with Crippen molar-refractivity contribution < 1.29 is 9.84 Å². The van der Waals surface area contributed by atoms with E-state index in [2.05, 4.69) is 4.98 Å². The highest BCUT2D eigenvalue weighted by Gasteiger charge is 2.39. The number of aliphatic hydroxyl groups excluding tert-OH is 1. The van der Waals surface area contributed by atoms with E-state index in [1.165, 1.54) is 12.8 Å². The zero-order valence-corrected chi connectivity index (χ0v) is 12.6. The lowest BCUT2D eigenvalue weighted by Gasteiger charge is -2.36. The maximum absolute atomic E-state index is 11.1. The van der Waals surface area contributed by atoms with Gasteiger partial charge in [0.15, 0.2) is 0 Å². The summed E-state index contributed by atoms with van der Waals surface area (Å²) in [5.41, 5.74) is 0.507. The number of rotatable bonds is 3. The second kappa shape index (κ2) is 6.12. The topological polar surface area (TPSA) is 42.4 Å². The Morgan fingerprint density at radius 3 is 2.62 bits per heavy atom. The van der Waals surface area contributed by atoms with Crippen LogP contribution in [-0.4, -0.2) is 22.8 Å². The molecule has 1 saturated carbocycles. The highest BCUT2D eigenvalue weighted by molar-refractivity contribution is 5.85. The van der Waals surface area contributed by atoms with Crippen molar-refractivity contribution in [1.29, 1.82) is 0 Å². The van der Waals surface area contributed by atoms with E-state index < -0.39 is 11.7 Å². The van der Waals surface area contributed by atoms with Gasteiger partial charge in [0.05, 0.1) is 5.60 Å². The fraction of sp³-hybridized carbons (Fsp3) is 0.500. The first-order chi connectivity index (χ1) is 10.3. The summed E-state index contributed by atoms with van der Waals surface area (Å²) in [4.78, 5) is 4.17. The highest BCUT2D eigenvalue weighted by atomic mass is 16.5. The van der Waals surface area contributed by atoms with Crippen LogP contribution in [0.3, 0.4) is 0 Å². The van der Waals surface area contributed by atoms with Crippen molar-refractivity contribution in [2.45, 2.75) is 50.2 Å². The summed E-state index contributed by atoms with van der Waals surface area (Å²) in [7, 11) is 1.74. The predicted molar refractivity (Wildman–Crippen MR) is 84.1 cm³/mol. The Bertz CT molecular complexity index is 598. The lowest BCUT2D eigenvalue weighted by Crippen LogP contribution is -2.38. The van der Waals surface area contributed by atoms with Gasteiger partial charge in [-0.15, -0.1) is 0 Å². The van der Waals surface area contributed by atoms with Crippen molar-refractivity contribution in [3.05, 3.63) is 42.2 Å². The van der Waals surface area contributed by atoms with Crippen LogP contribution in [0.5, 0.6) is 0 Å². The second-order valence-corrected chi connectivity index (χ2v) is 6.03. The number of benzene rings is 1. The molecule has 1 atom stereocenters. The summed E-state index contributed by atoms with van der Waals surface area (Å²) >= 11 is 0. The van der Waals surface area contributed by atoms with E-state index in [1.807, 2.05) is 30.5 Å². The standard InChI is InChI=1S/C18H23NO2/c1-21-18(10-4-2-3-5-11-18)17(20)16-8-6-7-14-13-19-12-9-15(14)16/h6-9,12-13,17,20H,2-5,10-11H2,1H3. The quantitative estimate of drug-likeness (QED) is 0.866. The van der Waals surface area contributed by atoms with E-state index >= 15 is 0 Å². The van der Waals surface area contributed by atoms with Crippen LogP contribution in [0.4, 0.5) is 0 Å². The van der Waals surface area contributed by atoms with Crippen LogP contribution in [0.25, 0.3) is 10.8 Å². The first-order valence-electron chi connectivity index (χ1n) is 7.83. The number of hydrogen-bond donors (Lipinski definition) is 1. The minimum atomic E-state index is -0.591. The molecule has 0 bridgehead atoms. The van der Waals surface area contributed by atoms with Crippen molar-refractivity contribution in [3.63, 3.8) is 0 Å². The molecule has 1 aliphatic rings. The normalized spacial score (nSPS) is 20.1. The number of ether oxygens (including phenoxy) is 1. The van der Waals surface area contributed by atoms with Gasteiger partial charge in [0.1, 0.15) is 6.10 Å². The maximum atomic E-state index is 11.1. The number of fused-ring (bicyclic) bond motifs is 1. The SMILES string of the molecule is COC1(C(O)c2cccc3cnccc23)CCCCCC1. The van der Waals surface area contributed by atoms with Gasteiger partial charge in [-0.25, -0.2) is 0 Å². The monoisotopic (exact) mass is 285 g/mol. The van der Waals surface area contributed by atoms with E-state index in [9.17, 15) is 5.11 Å². The zero-order chi connectivity index (χ0) is 14.7. The number of methoxy groups -OCH3 is 1. The molecule has 0 radical (unpaired) electrons. The average molecular weight is 285 g/mol. The van der Waals surface area contributed by atoms with Gasteiger partial charge < -0.3 is 9.84 Å². The lowest BCUT2D eigenvalue weighted by atomic mass is 9.83. The van der Waals surface area contributed by atoms with Crippen LogP contribution in [-0.2, 0) is 4.74 Å². The van der Waals surface area contributed by atoms with E-state index in [-0.39, 0.29) is 0 Å². The summed E-state index contributed by atoms with van der Waals surface area (Å²) in [6.07, 6.45) is 9.59. The molecule has 1 aromatic heterocycles. The maximum Gasteiger partial charge on any atom is 0.109 e. The Morgan fingerprint density at radius 1 is 1.14 bits per heavy atom. The predicted octanol–water partition coefficient (Wildman–Crippen LogP) is 4.01. The van der Waals surface area contributed by atoms with Crippen molar-refractivity contribution in [3.8, 4) is 0 Å². The Morgan fingerprint density at radius 2 is 1.90 bits per heavy atom. The largest absolute Gasteiger partial charge is 0.385 e. The molecule has 1 N–H and O–H groups in total. The van der Waals surface area contributed by atoms with Crippen molar-refractivity contribution in [1.82, 2.24) is 4.98 Å². The summed E-state index contributed by atoms with van der Waals surface area (Å²) in [6.45, 7) is 0. The molecular formula is C18H23NO2. The fourth-order valence-corrected chi connectivity index (χ4v) is 3.59. The van der Waals surface area contributed by atoms with E-state index in [1.54, 1.807) is 13.3 Å². The lowest BCUT2D eigenvalue weighted by molar-refractivity contribution is -0.113. The van der Waals surface area contributed by atoms with Crippen molar-refractivity contribution in [2.24, 2.45) is 0 Å². The molecule has 0 saturated heterocycles. The van der Waals surface area contributed by atoms with Gasteiger partial charge in [-0.05, 0) is 29.9 Å². The number of aromatic nitrogens is 1. The summed E-state index contributed by atoms with van der Waals surface area (Å²) in [5.74, 6) is 0. The third-order valence-electron chi connectivity index (χ3n) is 4.86. The van der Waals surface area contributed by atoms with Gasteiger partial charge in [-0.2, -0.15) is 0 Å². The van der Waals surface area contributed by atoms with E-state index in [4.69, 9.17) is 4.74 Å². The summed E-state index contributed by atoms with van der Waals surface area (Å²) in [6, 6.07) is 8.01. The summed E-state index contributed by atoms with van der Waals surface area (Å²) < 4.78 is 5.86. The Balaban J connectivity index is 2.03. The Hall–Kier alpha value is -1.45. The molecule has 1 heterocycles. The molecular weight excluding hydrogens is 262 g/mol. The minimum Gasteiger partial charge on any atom is -0.385 e. The summed E-state index contributed by atoms with van der Waals surface area (Å²) in [5, 5.41) is 13.2. The van der Waals surface area contributed by atoms with Crippen molar-refractivity contribution >= 4 is 10.8 Å². The van der Waals surface area contributed by atoms with Crippen LogP contribution >= 0.6 is 0 Å². The molecule has 0 amide bonds. The van der Waals surface area contributed by atoms with Gasteiger partial charge in [0.2, 0.25) is 0 Å². The molecule has 3 rings (SSSR count). The van der Waals surface area contributed by atoms with Gasteiger partial charge in [-0.3, -0.25) is 4.98 Å². The molecule has 0 spiro atoms. The first-order valence-corrected chi connectivity index (χ1v) is 7.83. The van der Waals surface area contributed by atoms with Crippen molar-refractivity contribution in [2.75, 3.05) is 7.11 Å². The van der Waals surface area contributed by atoms with Gasteiger partial charge in [0, 0.05) is 24.9 Å². The third-order valence-corrected chi connectivity index (χ3v) is 4.86. The Labute approximate surface area is 126 Å². The van der Waals surface area contributed by atoms with Crippen LogP contribution < -0.4 is 0 Å². The van der Waals surface area contributed by atoms with Gasteiger partial charge in [-0.1, -0.05) is 43.9 Å². The average Bonchev–Trinajstić information content (AvgIpc) is 2.80. The molecule has 1 fully saturated rings. The third kappa shape index (κ3) is 2.68. The molecule has 0 aliphatic heterocycles. The number of hydrogen-bond acceptors (Lipinski definition) is 3. The molecule has 1 aromatic carbocycles. The van der Waals surface area contributed by atoms with Crippen LogP contribution in [0.2, 0.25) is 0 Å². The number of pyridine rings is 1. The molecule has 1 aliphatic carbocycles. The van der Waals surface area contributed by atoms with Gasteiger partial charge >= 0.3 is 0 Å². The number of nitrogens with zero attached hydrogens (tertiary/aromatic N) is 1. The van der Waals surface area contributed by atoms with Crippen LogP contribution in [0, 0.1) is 0 Å². The molecule has 3 heteroatoms. The second-order valence-electron chi connectivity index (χ2n) is 6.03. The molecule has 21 heavy (non-hydrogen) atoms. The molecule has 3 nitrogen and oxygen atoms in total. The smallest absolute Gasteiger partial charge is 0.109 e. The fourth-order valence-electron chi connectivity index (χ4n) is 3.59. The van der Waals surface area contributed by atoms with Crippen LogP contribution in [0.15, 0.2) is 36.7 Å². The molecule has 1 unspecified atom stereocenters. The van der Waals surface area contributed by atoms with Crippen LogP contribution in [0.1, 0.15) is 50.2 Å². The Kier molecular flexibility index (Phi) is 4.22.